The third kappa shape index (κ3) is 4.05. The van der Waals surface area contributed by atoms with Crippen LogP contribution in [0, 0.1) is 12.7 Å². The van der Waals surface area contributed by atoms with Crippen LogP contribution in [-0.4, -0.2) is 25.7 Å². The number of carbonyl (C=O) groups is 1. The number of halogens is 4. The number of nitrogens with two attached hydrogens (primary N) is 1. The van der Waals surface area contributed by atoms with Gasteiger partial charge in [-0.15, -0.1) is 5.10 Å². The molecule has 10 heteroatoms. The van der Waals surface area contributed by atoms with Gasteiger partial charge in [0.1, 0.15) is 12.1 Å². The minimum atomic E-state index is -4.51. The molecule has 0 saturated carbocycles. The van der Waals surface area contributed by atoms with Crippen molar-refractivity contribution >= 4 is 17.7 Å². The van der Waals surface area contributed by atoms with Gasteiger partial charge in [-0.3, -0.25) is 9.78 Å². The second kappa shape index (κ2) is 7.22. The molecule has 28 heavy (non-hydrogen) atoms. The summed E-state index contributed by atoms with van der Waals surface area (Å²) in [4.78, 5) is 19.3. The van der Waals surface area contributed by atoms with Crippen molar-refractivity contribution in [2.75, 3.05) is 0 Å². The number of aromatic nitrogens is 4. The first kappa shape index (κ1) is 19.2. The summed E-state index contributed by atoms with van der Waals surface area (Å²) < 4.78 is 54.0. The molecule has 0 radical (unpaired) electrons. The highest BCUT2D eigenvalue weighted by Gasteiger charge is 2.31. The molecule has 1 aromatic carbocycles. The van der Waals surface area contributed by atoms with E-state index in [-0.39, 0.29) is 22.5 Å². The molecule has 2 N–H and O–H groups in total. The standard InChI is InChI=1S/C18H13F4N5O/c1-10-4-11(6-12(5-10)18(20,21)22)17-25-9-27(26-17)8-14(16(23)28)13-2-3-24-7-15(13)19/h2-9H,1H3,(H2,23,28)/b14-8+. The Morgan fingerprint density at radius 3 is 2.64 bits per heavy atom. The van der Waals surface area contributed by atoms with Crippen molar-refractivity contribution in [1.29, 1.82) is 0 Å². The Morgan fingerprint density at radius 2 is 2.00 bits per heavy atom. The van der Waals surface area contributed by atoms with Gasteiger partial charge in [0, 0.05) is 23.5 Å². The predicted octanol–water partition coefficient (Wildman–Crippen LogP) is 3.29. The van der Waals surface area contributed by atoms with Crippen molar-refractivity contribution < 1.29 is 22.4 Å². The van der Waals surface area contributed by atoms with E-state index in [9.17, 15) is 22.4 Å². The number of primary amides is 1. The Morgan fingerprint density at radius 1 is 1.25 bits per heavy atom. The van der Waals surface area contributed by atoms with Gasteiger partial charge in [-0.05, 0) is 36.8 Å². The fourth-order valence-corrected chi connectivity index (χ4v) is 2.54. The summed E-state index contributed by atoms with van der Waals surface area (Å²) in [5.41, 5.74) is 4.73. The average Bonchev–Trinajstić information content (AvgIpc) is 3.08. The van der Waals surface area contributed by atoms with Crippen LogP contribution in [0.25, 0.3) is 23.2 Å². The van der Waals surface area contributed by atoms with Crippen LogP contribution in [0.3, 0.4) is 0 Å². The highest BCUT2D eigenvalue weighted by Crippen LogP contribution is 2.32. The summed E-state index contributed by atoms with van der Waals surface area (Å²) in [6.45, 7) is 1.52. The molecular weight excluding hydrogens is 378 g/mol. The van der Waals surface area contributed by atoms with E-state index in [0.29, 0.717) is 5.56 Å². The first-order chi connectivity index (χ1) is 13.1. The minimum absolute atomic E-state index is 0.00414. The van der Waals surface area contributed by atoms with Gasteiger partial charge < -0.3 is 5.73 Å². The summed E-state index contributed by atoms with van der Waals surface area (Å²) in [5.74, 6) is -1.68. The molecular formula is C18H13F4N5O. The topological polar surface area (TPSA) is 86.7 Å². The van der Waals surface area contributed by atoms with Gasteiger partial charge >= 0.3 is 6.18 Å². The lowest BCUT2D eigenvalue weighted by Gasteiger charge is -2.09. The van der Waals surface area contributed by atoms with Crippen LogP contribution in [0.1, 0.15) is 16.7 Å². The molecule has 0 aliphatic carbocycles. The molecule has 0 aliphatic heterocycles. The molecule has 0 bridgehead atoms. The first-order valence-electron chi connectivity index (χ1n) is 7.87. The summed E-state index contributed by atoms with van der Waals surface area (Å²) in [6, 6.07) is 4.70. The quantitative estimate of drug-likeness (QED) is 0.546. The summed E-state index contributed by atoms with van der Waals surface area (Å²) in [7, 11) is 0. The predicted molar refractivity (Wildman–Crippen MR) is 92.8 cm³/mol. The van der Waals surface area contributed by atoms with E-state index < -0.39 is 23.5 Å². The molecule has 0 atom stereocenters. The largest absolute Gasteiger partial charge is 0.416 e. The highest BCUT2D eigenvalue weighted by molar-refractivity contribution is 6.22. The van der Waals surface area contributed by atoms with E-state index in [1.165, 1.54) is 31.6 Å². The molecule has 2 aromatic heterocycles. The van der Waals surface area contributed by atoms with Gasteiger partial charge in [-0.2, -0.15) is 13.2 Å². The normalized spacial score (nSPS) is 12.2. The van der Waals surface area contributed by atoms with Crippen LogP contribution < -0.4 is 5.73 Å². The van der Waals surface area contributed by atoms with Crippen molar-refractivity contribution in [1.82, 2.24) is 19.7 Å². The number of amides is 1. The number of benzene rings is 1. The maximum Gasteiger partial charge on any atom is 0.416 e. The number of alkyl halides is 3. The molecule has 3 aromatic rings. The molecule has 6 nitrogen and oxygen atoms in total. The van der Waals surface area contributed by atoms with Crippen LogP contribution >= 0.6 is 0 Å². The highest BCUT2D eigenvalue weighted by atomic mass is 19.4. The Kier molecular flexibility index (Phi) is 4.95. The van der Waals surface area contributed by atoms with Gasteiger partial charge in [-0.25, -0.2) is 14.1 Å². The zero-order valence-corrected chi connectivity index (χ0v) is 14.4. The number of nitrogens with zero attached hydrogens (tertiary/aromatic N) is 4. The summed E-state index contributed by atoms with van der Waals surface area (Å²) in [6.07, 6.45) is 0.00356. The van der Waals surface area contributed by atoms with Gasteiger partial charge in [0.25, 0.3) is 5.91 Å². The van der Waals surface area contributed by atoms with E-state index in [0.717, 1.165) is 29.2 Å². The molecule has 3 rings (SSSR count). The third-order valence-corrected chi connectivity index (χ3v) is 3.76. The lowest BCUT2D eigenvalue weighted by atomic mass is 10.1. The molecule has 1 amide bonds. The smallest absolute Gasteiger partial charge is 0.366 e. The SMILES string of the molecule is Cc1cc(-c2ncn(/C=C(/C(N)=O)c3ccncc3F)n2)cc(C(F)(F)F)c1. The second-order valence-electron chi connectivity index (χ2n) is 5.90. The fraction of sp³-hybridized carbons (Fsp3) is 0.111. The lowest BCUT2D eigenvalue weighted by molar-refractivity contribution is -0.137. The Hall–Kier alpha value is -3.56. The van der Waals surface area contributed by atoms with Gasteiger partial charge in [-0.1, -0.05) is 0 Å². The van der Waals surface area contributed by atoms with Crippen LogP contribution in [-0.2, 0) is 11.0 Å². The van der Waals surface area contributed by atoms with E-state index in [1.807, 2.05) is 0 Å². The molecule has 0 spiro atoms. The number of carbonyl (C=O) groups excluding carboxylic acids is 1. The maximum atomic E-state index is 13.9. The van der Waals surface area contributed by atoms with Crippen molar-refractivity contribution in [3.05, 3.63) is 65.5 Å². The van der Waals surface area contributed by atoms with Crippen LogP contribution in [0.2, 0.25) is 0 Å². The molecule has 0 saturated heterocycles. The Labute approximate surface area is 156 Å². The van der Waals surface area contributed by atoms with Crippen molar-refractivity contribution in [3.63, 3.8) is 0 Å². The van der Waals surface area contributed by atoms with Gasteiger partial charge in [0.15, 0.2) is 5.82 Å². The zero-order valence-electron chi connectivity index (χ0n) is 14.4. The van der Waals surface area contributed by atoms with E-state index in [1.54, 1.807) is 0 Å². The number of hydrogen-bond donors (Lipinski definition) is 1. The Bertz CT molecular complexity index is 1070. The molecule has 0 aliphatic rings. The van der Waals surface area contributed by atoms with Crippen LogP contribution in [0.4, 0.5) is 17.6 Å². The van der Waals surface area contributed by atoms with Crippen molar-refractivity contribution in [2.24, 2.45) is 5.73 Å². The molecule has 0 unspecified atom stereocenters. The lowest BCUT2D eigenvalue weighted by Crippen LogP contribution is -2.14. The maximum absolute atomic E-state index is 13.9. The first-order valence-corrected chi connectivity index (χ1v) is 7.87. The zero-order chi connectivity index (χ0) is 20.5. The average molecular weight is 391 g/mol. The molecule has 0 fully saturated rings. The number of hydrogen-bond acceptors (Lipinski definition) is 4. The second-order valence-corrected chi connectivity index (χ2v) is 5.90. The van der Waals surface area contributed by atoms with Crippen LogP contribution in [0.5, 0.6) is 0 Å². The monoisotopic (exact) mass is 391 g/mol. The summed E-state index contributed by atoms with van der Waals surface area (Å²) in [5, 5.41) is 4.04. The minimum Gasteiger partial charge on any atom is -0.366 e. The Balaban J connectivity index is 2.02. The number of rotatable bonds is 4. The van der Waals surface area contributed by atoms with E-state index in [4.69, 9.17) is 5.73 Å². The van der Waals surface area contributed by atoms with E-state index >= 15 is 0 Å². The van der Waals surface area contributed by atoms with Gasteiger partial charge in [0.2, 0.25) is 0 Å². The fourth-order valence-electron chi connectivity index (χ4n) is 2.54. The molecule has 144 valence electrons. The summed E-state index contributed by atoms with van der Waals surface area (Å²) >= 11 is 0. The van der Waals surface area contributed by atoms with Crippen molar-refractivity contribution in [2.45, 2.75) is 13.1 Å². The molecule has 2 heterocycles. The third-order valence-electron chi connectivity index (χ3n) is 3.76. The van der Waals surface area contributed by atoms with E-state index in [2.05, 4.69) is 15.1 Å². The number of pyridine rings is 1. The van der Waals surface area contributed by atoms with Crippen molar-refractivity contribution in [3.8, 4) is 11.4 Å². The van der Waals surface area contributed by atoms with Gasteiger partial charge in [0.05, 0.1) is 17.3 Å². The number of aryl methyl sites for hydroxylation is 1. The van der Waals surface area contributed by atoms with Crippen LogP contribution in [0.15, 0.2) is 43.0 Å².